The molecule has 0 saturated heterocycles. The number of hydrogen-bond donors (Lipinski definition) is 2. The summed E-state index contributed by atoms with van der Waals surface area (Å²) >= 11 is 0. The molecule has 3 rings (SSSR count). The van der Waals surface area contributed by atoms with Crippen LogP contribution in [-0.4, -0.2) is 15.6 Å². The predicted molar refractivity (Wildman–Crippen MR) is 118 cm³/mol. The second kappa shape index (κ2) is 8.26. The number of carboxylic acids is 1. The van der Waals surface area contributed by atoms with Crippen molar-refractivity contribution in [1.82, 2.24) is 9.88 Å². The third-order valence-corrected chi connectivity index (χ3v) is 5.72. The fourth-order valence-corrected chi connectivity index (χ4v) is 4.28. The van der Waals surface area contributed by atoms with Crippen LogP contribution in [0.1, 0.15) is 55.1 Å². The van der Waals surface area contributed by atoms with Crippen LogP contribution in [0.15, 0.2) is 36.4 Å². The van der Waals surface area contributed by atoms with Crippen LogP contribution in [0.25, 0.3) is 5.69 Å². The predicted octanol–water partition coefficient (Wildman–Crippen LogP) is 5.32. The SMILES string of the molecule is Cc1ccc(-n2c(C)c(CNCc3c(C)cc(C)cc3C)c(C(=O)O)c2C)cc1. The van der Waals surface area contributed by atoms with Gasteiger partial charge in [0.15, 0.2) is 0 Å². The first-order valence-electron chi connectivity index (χ1n) is 9.99. The molecule has 0 saturated carbocycles. The molecule has 2 N–H and O–H groups in total. The van der Waals surface area contributed by atoms with Crippen molar-refractivity contribution in [2.24, 2.45) is 0 Å². The Kier molecular flexibility index (Phi) is 5.94. The van der Waals surface area contributed by atoms with E-state index < -0.39 is 5.97 Å². The van der Waals surface area contributed by atoms with E-state index in [1.165, 1.54) is 27.8 Å². The summed E-state index contributed by atoms with van der Waals surface area (Å²) in [5.74, 6) is -0.879. The van der Waals surface area contributed by atoms with Crippen molar-refractivity contribution >= 4 is 5.97 Å². The van der Waals surface area contributed by atoms with Crippen LogP contribution in [-0.2, 0) is 13.1 Å². The number of aryl methyl sites for hydroxylation is 4. The zero-order valence-corrected chi connectivity index (χ0v) is 18.2. The summed E-state index contributed by atoms with van der Waals surface area (Å²) in [6.45, 7) is 13.5. The topological polar surface area (TPSA) is 54.3 Å². The summed E-state index contributed by atoms with van der Waals surface area (Å²) in [5.41, 5.74) is 10.2. The first kappa shape index (κ1) is 20.9. The van der Waals surface area contributed by atoms with Gasteiger partial charge in [-0.3, -0.25) is 0 Å². The van der Waals surface area contributed by atoms with E-state index in [4.69, 9.17) is 0 Å². The average molecular weight is 391 g/mol. The number of carboxylic acid groups (broad SMARTS) is 1. The number of nitrogens with zero attached hydrogens (tertiary/aromatic N) is 1. The molecule has 2 aromatic carbocycles. The molecule has 0 spiro atoms. The molecule has 0 aliphatic heterocycles. The van der Waals surface area contributed by atoms with E-state index in [1.807, 2.05) is 37.5 Å². The van der Waals surface area contributed by atoms with Gasteiger partial charge in [0.05, 0.1) is 5.56 Å². The van der Waals surface area contributed by atoms with Crippen LogP contribution in [0.4, 0.5) is 0 Å². The highest BCUT2D eigenvalue weighted by Gasteiger charge is 2.23. The maximum atomic E-state index is 12.0. The zero-order valence-electron chi connectivity index (χ0n) is 18.2. The number of aromatic nitrogens is 1. The lowest BCUT2D eigenvalue weighted by Gasteiger charge is -2.13. The molecule has 3 aromatic rings. The Morgan fingerprint density at radius 2 is 1.38 bits per heavy atom. The first-order valence-corrected chi connectivity index (χ1v) is 9.99. The molecule has 29 heavy (non-hydrogen) atoms. The highest BCUT2D eigenvalue weighted by atomic mass is 16.4. The Morgan fingerprint density at radius 3 is 1.93 bits per heavy atom. The number of rotatable bonds is 6. The quantitative estimate of drug-likeness (QED) is 0.599. The van der Waals surface area contributed by atoms with Crippen LogP contribution in [0, 0.1) is 41.5 Å². The van der Waals surface area contributed by atoms with Gasteiger partial charge < -0.3 is 15.0 Å². The fourth-order valence-electron chi connectivity index (χ4n) is 4.28. The number of aromatic carboxylic acids is 1. The van der Waals surface area contributed by atoms with Gasteiger partial charge in [-0.15, -0.1) is 0 Å². The van der Waals surface area contributed by atoms with Crippen LogP contribution in [0.2, 0.25) is 0 Å². The molecule has 0 unspecified atom stereocenters. The number of nitrogens with one attached hydrogen (secondary N) is 1. The molecule has 0 bridgehead atoms. The lowest BCUT2D eigenvalue weighted by atomic mass is 9.99. The van der Waals surface area contributed by atoms with E-state index >= 15 is 0 Å². The second-order valence-corrected chi connectivity index (χ2v) is 7.98. The van der Waals surface area contributed by atoms with Gasteiger partial charge in [0.1, 0.15) is 0 Å². The monoisotopic (exact) mass is 390 g/mol. The van der Waals surface area contributed by atoms with Crippen molar-refractivity contribution in [3.8, 4) is 5.69 Å². The number of benzene rings is 2. The standard InChI is InChI=1S/C25H30N2O2/c1-15-7-9-21(10-8-15)27-19(5)23(24(20(27)6)25(28)29)14-26-13-22-17(3)11-16(2)12-18(22)4/h7-12,26H,13-14H2,1-6H3,(H,28,29). The molecule has 0 amide bonds. The molecule has 0 atom stereocenters. The van der Waals surface area contributed by atoms with Crippen LogP contribution < -0.4 is 5.32 Å². The minimum Gasteiger partial charge on any atom is -0.478 e. The van der Waals surface area contributed by atoms with Crippen molar-refractivity contribution < 1.29 is 9.90 Å². The number of carbonyl (C=O) groups is 1. The molecule has 0 aliphatic carbocycles. The van der Waals surface area contributed by atoms with Crippen molar-refractivity contribution in [1.29, 1.82) is 0 Å². The normalized spacial score (nSPS) is 11.1. The Hall–Kier alpha value is -2.85. The zero-order chi connectivity index (χ0) is 21.3. The fraction of sp³-hybridized carbons (Fsp3) is 0.320. The summed E-state index contributed by atoms with van der Waals surface area (Å²) in [5, 5.41) is 13.3. The Balaban J connectivity index is 1.92. The van der Waals surface area contributed by atoms with Gasteiger partial charge in [0, 0.05) is 35.7 Å². The lowest BCUT2D eigenvalue weighted by molar-refractivity contribution is 0.0695. The van der Waals surface area contributed by atoms with Crippen molar-refractivity contribution in [3.05, 3.63) is 86.7 Å². The molecular formula is C25H30N2O2. The van der Waals surface area contributed by atoms with E-state index in [1.54, 1.807) is 0 Å². The third-order valence-electron chi connectivity index (χ3n) is 5.72. The van der Waals surface area contributed by atoms with Crippen molar-refractivity contribution in [2.75, 3.05) is 0 Å². The first-order chi connectivity index (χ1) is 13.7. The van der Waals surface area contributed by atoms with Crippen LogP contribution >= 0.6 is 0 Å². The van der Waals surface area contributed by atoms with Gasteiger partial charge in [-0.2, -0.15) is 0 Å². The maximum absolute atomic E-state index is 12.0. The maximum Gasteiger partial charge on any atom is 0.337 e. The minimum absolute atomic E-state index is 0.396. The highest BCUT2D eigenvalue weighted by Crippen LogP contribution is 2.27. The third kappa shape index (κ3) is 4.13. The molecule has 0 aliphatic rings. The summed E-state index contributed by atoms with van der Waals surface area (Å²) < 4.78 is 2.04. The summed E-state index contributed by atoms with van der Waals surface area (Å²) in [6.07, 6.45) is 0. The molecule has 0 fully saturated rings. The largest absolute Gasteiger partial charge is 0.478 e. The van der Waals surface area contributed by atoms with E-state index in [0.717, 1.165) is 22.6 Å². The summed E-state index contributed by atoms with van der Waals surface area (Å²) in [4.78, 5) is 12.0. The molecular weight excluding hydrogens is 360 g/mol. The molecule has 1 heterocycles. The van der Waals surface area contributed by atoms with Gasteiger partial charge in [-0.25, -0.2) is 4.79 Å². The minimum atomic E-state index is -0.879. The second-order valence-electron chi connectivity index (χ2n) is 7.98. The van der Waals surface area contributed by atoms with E-state index in [-0.39, 0.29) is 0 Å². The Bertz CT molecular complexity index is 1040. The van der Waals surface area contributed by atoms with Gasteiger partial charge >= 0.3 is 5.97 Å². The van der Waals surface area contributed by atoms with E-state index in [9.17, 15) is 9.90 Å². The van der Waals surface area contributed by atoms with Crippen LogP contribution in [0.3, 0.4) is 0 Å². The highest BCUT2D eigenvalue weighted by molar-refractivity contribution is 5.91. The smallest absolute Gasteiger partial charge is 0.337 e. The average Bonchev–Trinajstić information content (AvgIpc) is 2.88. The van der Waals surface area contributed by atoms with Gasteiger partial charge in [-0.05, 0) is 70.4 Å². The molecule has 1 aromatic heterocycles. The van der Waals surface area contributed by atoms with Gasteiger partial charge in [-0.1, -0.05) is 35.4 Å². The lowest BCUT2D eigenvalue weighted by Crippen LogP contribution is -2.17. The Morgan fingerprint density at radius 1 is 0.828 bits per heavy atom. The Labute approximate surface area is 173 Å². The summed E-state index contributed by atoms with van der Waals surface area (Å²) in [7, 11) is 0. The molecule has 4 nitrogen and oxygen atoms in total. The van der Waals surface area contributed by atoms with Crippen molar-refractivity contribution in [3.63, 3.8) is 0 Å². The van der Waals surface area contributed by atoms with Gasteiger partial charge in [0.25, 0.3) is 0 Å². The van der Waals surface area contributed by atoms with E-state index in [2.05, 4.69) is 50.4 Å². The van der Waals surface area contributed by atoms with Crippen molar-refractivity contribution in [2.45, 2.75) is 54.6 Å². The molecule has 0 radical (unpaired) electrons. The molecule has 152 valence electrons. The van der Waals surface area contributed by atoms with Crippen LogP contribution in [0.5, 0.6) is 0 Å². The van der Waals surface area contributed by atoms with Gasteiger partial charge in [0.2, 0.25) is 0 Å². The van der Waals surface area contributed by atoms with E-state index in [0.29, 0.717) is 18.7 Å². The summed E-state index contributed by atoms with van der Waals surface area (Å²) in [6, 6.07) is 12.6. The number of hydrogen-bond acceptors (Lipinski definition) is 2. The molecule has 4 heteroatoms.